The molecule has 0 unspecified atom stereocenters. The molecule has 0 N–H and O–H groups in total. The summed E-state index contributed by atoms with van der Waals surface area (Å²) in [6.07, 6.45) is 0.768. The first-order valence-corrected chi connectivity index (χ1v) is 5.82. The molecule has 76 valence electrons. The molecule has 2 aromatic rings. The monoisotopic (exact) mass is 284 g/mol. The van der Waals surface area contributed by atoms with Crippen molar-refractivity contribution in [2.75, 3.05) is 0 Å². The average Bonchev–Trinajstić information content (AvgIpc) is 2.70. The minimum atomic E-state index is -0.295. The SMILES string of the molecule is O=Cc1ccc(-c2cccc(Br)c2F)s1. The largest absolute Gasteiger partial charge is 0.297 e. The molecule has 0 spiro atoms. The maximum absolute atomic E-state index is 13.7. The van der Waals surface area contributed by atoms with Crippen molar-refractivity contribution in [3.8, 4) is 10.4 Å². The van der Waals surface area contributed by atoms with E-state index in [1.54, 1.807) is 30.3 Å². The molecule has 1 aromatic heterocycles. The molecule has 0 fully saturated rings. The summed E-state index contributed by atoms with van der Waals surface area (Å²) in [5, 5.41) is 0. The standard InChI is InChI=1S/C11H6BrFOS/c12-9-3-1-2-8(11(9)13)10-5-4-7(6-14)15-10/h1-6H. The van der Waals surface area contributed by atoms with Gasteiger partial charge >= 0.3 is 0 Å². The van der Waals surface area contributed by atoms with Crippen LogP contribution < -0.4 is 0 Å². The third-order valence-corrected chi connectivity index (χ3v) is 3.62. The summed E-state index contributed by atoms with van der Waals surface area (Å²) >= 11 is 4.41. The highest BCUT2D eigenvalue weighted by atomic mass is 79.9. The van der Waals surface area contributed by atoms with Crippen LogP contribution in [0.25, 0.3) is 10.4 Å². The van der Waals surface area contributed by atoms with Gasteiger partial charge in [0.1, 0.15) is 5.82 Å². The summed E-state index contributed by atoms with van der Waals surface area (Å²) in [6.45, 7) is 0. The van der Waals surface area contributed by atoms with Crippen molar-refractivity contribution in [2.24, 2.45) is 0 Å². The fourth-order valence-corrected chi connectivity index (χ4v) is 2.46. The van der Waals surface area contributed by atoms with E-state index in [9.17, 15) is 9.18 Å². The van der Waals surface area contributed by atoms with Gasteiger partial charge in [0.25, 0.3) is 0 Å². The van der Waals surface area contributed by atoms with E-state index in [1.165, 1.54) is 11.3 Å². The van der Waals surface area contributed by atoms with Crippen LogP contribution in [0, 0.1) is 5.82 Å². The topological polar surface area (TPSA) is 17.1 Å². The molecule has 0 aliphatic heterocycles. The Bertz CT molecular complexity index is 507. The van der Waals surface area contributed by atoms with E-state index in [1.807, 2.05) is 0 Å². The lowest BCUT2D eigenvalue weighted by Gasteiger charge is -2.00. The van der Waals surface area contributed by atoms with Gasteiger partial charge in [-0.15, -0.1) is 11.3 Å². The van der Waals surface area contributed by atoms with Gasteiger partial charge in [-0.1, -0.05) is 12.1 Å². The number of halogens is 2. The van der Waals surface area contributed by atoms with Crippen molar-refractivity contribution in [3.63, 3.8) is 0 Å². The molecular formula is C11H6BrFOS. The highest BCUT2D eigenvalue weighted by Crippen LogP contribution is 2.32. The molecule has 1 aromatic carbocycles. The molecule has 0 bridgehead atoms. The predicted molar refractivity (Wildman–Crippen MR) is 62.8 cm³/mol. The van der Waals surface area contributed by atoms with E-state index in [4.69, 9.17) is 0 Å². The Morgan fingerprint density at radius 1 is 1.27 bits per heavy atom. The number of carbonyl (C=O) groups excluding carboxylic acids is 1. The van der Waals surface area contributed by atoms with E-state index in [2.05, 4.69) is 15.9 Å². The molecule has 1 nitrogen and oxygen atoms in total. The van der Waals surface area contributed by atoms with Crippen LogP contribution in [-0.2, 0) is 0 Å². The Morgan fingerprint density at radius 2 is 2.07 bits per heavy atom. The van der Waals surface area contributed by atoms with Gasteiger partial charge in [-0.3, -0.25) is 4.79 Å². The van der Waals surface area contributed by atoms with Gasteiger partial charge in [0.2, 0.25) is 0 Å². The Balaban J connectivity index is 2.53. The molecule has 2 rings (SSSR count). The lowest BCUT2D eigenvalue weighted by molar-refractivity contribution is 0.112. The molecule has 0 aliphatic rings. The smallest absolute Gasteiger partial charge is 0.160 e. The molecule has 4 heteroatoms. The normalized spacial score (nSPS) is 10.3. The van der Waals surface area contributed by atoms with E-state index in [0.29, 0.717) is 14.9 Å². The lowest BCUT2D eigenvalue weighted by atomic mass is 10.2. The first kappa shape index (κ1) is 10.5. The third kappa shape index (κ3) is 2.01. The maximum atomic E-state index is 13.7. The number of aldehydes is 1. The van der Waals surface area contributed by atoms with E-state index in [0.717, 1.165) is 11.2 Å². The summed E-state index contributed by atoms with van der Waals surface area (Å²) in [5.74, 6) is -0.295. The third-order valence-electron chi connectivity index (χ3n) is 1.96. The Kier molecular flexibility index (Phi) is 2.98. The molecule has 0 radical (unpaired) electrons. The molecular weight excluding hydrogens is 279 g/mol. The fraction of sp³-hybridized carbons (Fsp3) is 0. The first-order valence-electron chi connectivity index (χ1n) is 4.22. The van der Waals surface area contributed by atoms with Gasteiger partial charge in [-0.2, -0.15) is 0 Å². The van der Waals surface area contributed by atoms with Gasteiger partial charge in [0, 0.05) is 10.4 Å². The van der Waals surface area contributed by atoms with Crippen molar-refractivity contribution in [2.45, 2.75) is 0 Å². The highest BCUT2D eigenvalue weighted by Gasteiger charge is 2.09. The fourth-order valence-electron chi connectivity index (χ4n) is 1.26. The number of benzene rings is 1. The molecule has 1 heterocycles. The van der Waals surface area contributed by atoms with Crippen molar-refractivity contribution in [1.29, 1.82) is 0 Å². The lowest BCUT2D eigenvalue weighted by Crippen LogP contribution is -1.82. The summed E-state index contributed by atoms with van der Waals surface area (Å²) in [7, 11) is 0. The molecule has 0 aliphatic carbocycles. The van der Waals surface area contributed by atoms with Crippen LogP contribution >= 0.6 is 27.3 Å². The van der Waals surface area contributed by atoms with Gasteiger partial charge in [0.05, 0.1) is 9.35 Å². The molecule has 0 saturated carbocycles. The van der Waals surface area contributed by atoms with Crippen LogP contribution in [0.1, 0.15) is 9.67 Å². The van der Waals surface area contributed by atoms with Crippen molar-refractivity contribution in [3.05, 3.63) is 45.5 Å². The summed E-state index contributed by atoms with van der Waals surface area (Å²) in [4.78, 5) is 11.9. The van der Waals surface area contributed by atoms with Gasteiger partial charge in [0.15, 0.2) is 6.29 Å². The number of hydrogen-bond acceptors (Lipinski definition) is 2. The van der Waals surface area contributed by atoms with Crippen LogP contribution in [0.15, 0.2) is 34.8 Å². The molecule has 0 amide bonds. The maximum Gasteiger partial charge on any atom is 0.160 e. The minimum Gasteiger partial charge on any atom is -0.297 e. The highest BCUT2D eigenvalue weighted by molar-refractivity contribution is 9.10. The van der Waals surface area contributed by atoms with E-state index >= 15 is 0 Å². The number of hydrogen-bond donors (Lipinski definition) is 0. The molecule has 15 heavy (non-hydrogen) atoms. The van der Waals surface area contributed by atoms with E-state index in [-0.39, 0.29) is 5.82 Å². The van der Waals surface area contributed by atoms with Crippen LogP contribution in [0.3, 0.4) is 0 Å². The van der Waals surface area contributed by atoms with Crippen molar-refractivity contribution in [1.82, 2.24) is 0 Å². The summed E-state index contributed by atoms with van der Waals surface area (Å²) in [6, 6.07) is 8.54. The van der Waals surface area contributed by atoms with Crippen LogP contribution in [-0.4, -0.2) is 6.29 Å². The predicted octanol–water partition coefficient (Wildman–Crippen LogP) is 4.13. The van der Waals surface area contributed by atoms with Gasteiger partial charge < -0.3 is 0 Å². The summed E-state index contributed by atoms with van der Waals surface area (Å²) < 4.78 is 14.1. The molecule has 0 saturated heterocycles. The average molecular weight is 285 g/mol. The zero-order valence-electron chi connectivity index (χ0n) is 7.54. The molecule has 0 atom stereocenters. The summed E-state index contributed by atoms with van der Waals surface area (Å²) in [5.41, 5.74) is 0.516. The van der Waals surface area contributed by atoms with Crippen molar-refractivity contribution >= 4 is 33.6 Å². The Morgan fingerprint density at radius 3 is 2.73 bits per heavy atom. The van der Waals surface area contributed by atoms with Crippen molar-refractivity contribution < 1.29 is 9.18 Å². The zero-order chi connectivity index (χ0) is 10.8. The second kappa shape index (κ2) is 4.24. The number of rotatable bonds is 2. The van der Waals surface area contributed by atoms with Gasteiger partial charge in [-0.25, -0.2) is 4.39 Å². The van der Waals surface area contributed by atoms with Gasteiger partial charge in [-0.05, 0) is 34.1 Å². The zero-order valence-corrected chi connectivity index (χ0v) is 9.94. The Labute approximate surface area is 98.7 Å². The first-order chi connectivity index (χ1) is 7.22. The van der Waals surface area contributed by atoms with E-state index < -0.39 is 0 Å². The van der Waals surface area contributed by atoms with Crippen LogP contribution in [0.2, 0.25) is 0 Å². The van der Waals surface area contributed by atoms with Crippen LogP contribution in [0.4, 0.5) is 4.39 Å². The number of thiophene rings is 1. The second-order valence-corrected chi connectivity index (χ2v) is 4.89. The Hall–Kier alpha value is -1.00. The second-order valence-electron chi connectivity index (χ2n) is 2.92. The number of carbonyl (C=O) groups is 1. The van der Waals surface area contributed by atoms with Crippen LogP contribution in [0.5, 0.6) is 0 Å². The minimum absolute atomic E-state index is 0.295. The quantitative estimate of drug-likeness (QED) is 0.758.